The Morgan fingerprint density at radius 1 is 1.33 bits per heavy atom. The molecule has 1 aliphatic carbocycles. The van der Waals surface area contributed by atoms with E-state index in [1.54, 1.807) is 11.3 Å². The minimum atomic E-state index is -0.171. The summed E-state index contributed by atoms with van der Waals surface area (Å²) in [5.41, 5.74) is 7.53. The van der Waals surface area contributed by atoms with Gasteiger partial charge in [0.1, 0.15) is 5.01 Å². The van der Waals surface area contributed by atoms with E-state index < -0.39 is 0 Å². The summed E-state index contributed by atoms with van der Waals surface area (Å²) in [5.74, 6) is 0.871. The number of fused-ring (bicyclic) bond motifs is 1. The van der Waals surface area contributed by atoms with E-state index in [0.717, 1.165) is 29.3 Å². The zero-order valence-electron chi connectivity index (χ0n) is 10.9. The highest BCUT2D eigenvalue weighted by Crippen LogP contribution is 2.41. The monoisotopic (exact) mass is 260 g/mol. The highest BCUT2D eigenvalue weighted by Gasteiger charge is 2.35. The van der Waals surface area contributed by atoms with Crippen molar-refractivity contribution in [1.82, 2.24) is 4.98 Å². The normalized spacial score (nSPS) is 28.7. The first kappa shape index (κ1) is 12.1. The molecule has 0 unspecified atom stereocenters. The third-order valence-electron chi connectivity index (χ3n) is 4.29. The zero-order valence-corrected chi connectivity index (χ0v) is 11.7. The number of para-hydroxylation sites is 1. The molecule has 2 nitrogen and oxygen atoms in total. The van der Waals surface area contributed by atoms with Crippen molar-refractivity contribution in [2.24, 2.45) is 11.7 Å². The molecule has 0 bridgehead atoms. The molecule has 0 spiro atoms. The van der Waals surface area contributed by atoms with Gasteiger partial charge < -0.3 is 5.73 Å². The van der Waals surface area contributed by atoms with E-state index in [1.807, 2.05) is 6.07 Å². The standard InChI is InChI=1S/C15H20N2S/c1-2-11-7-9-15(16,10-8-11)14-17-12-5-3-4-6-13(12)18-14/h3-6,11H,2,7-10,16H2,1H3. The maximum absolute atomic E-state index is 6.61. The quantitative estimate of drug-likeness (QED) is 0.884. The molecule has 0 atom stereocenters. The van der Waals surface area contributed by atoms with Crippen molar-refractivity contribution in [2.75, 3.05) is 0 Å². The predicted octanol–water partition coefficient (Wildman–Crippen LogP) is 4.05. The molecule has 3 heteroatoms. The summed E-state index contributed by atoms with van der Waals surface area (Å²) in [4.78, 5) is 4.75. The van der Waals surface area contributed by atoms with Crippen LogP contribution < -0.4 is 5.73 Å². The molecule has 1 fully saturated rings. The third kappa shape index (κ3) is 2.06. The lowest BCUT2D eigenvalue weighted by molar-refractivity contribution is 0.231. The van der Waals surface area contributed by atoms with Crippen molar-refractivity contribution in [1.29, 1.82) is 0 Å². The lowest BCUT2D eigenvalue weighted by Gasteiger charge is -2.35. The fourth-order valence-corrected chi connectivity index (χ4v) is 4.02. The molecule has 2 aromatic rings. The molecule has 2 N–H and O–H groups in total. The van der Waals surface area contributed by atoms with Crippen LogP contribution in [0.1, 0.15) is 44.0 Å². The van der Waals surface area contributed by atoms with Gasteiger partial charge in [-0.15, -0.1) is 11.3 Å². The predicted molar refractivity (Wildman–Crippen MR) is 77.7 cm³/mol. The van der Waals surface area contributed by atoms with Crippen LogP contribution in [-0.2, 0) is 5.54 Å². The summed E-state index contributed by atoms with van der Waals surface area (Å²) >= 11 is 1.78. The van der Waals surface area contributed by atoms with Gasteiger partial charge in [0.25, 0.3) is 0 Å². The number of rotatable bonds is 2. The second-order valence-corrected chi connectivity index (χ2v) is 6.53. The smallest absolute Gasteiger partial charge is 0.114 e. The van der Waals surface area contributed by atoms with Crippen LogP contribution in [0, 0.1) is 5.92 Å². The van der Waals surface area contributed by atoms with Gasteiger partial charge in [-0.05, 0) is 43.7 Å². The molecule has 0 aliphatic heterocycles. The largest absolute Gasteiger partial charge is 0.319 e. The minimum absolute atomic E-state index is 0.171. The number of hydrogen-bond acceptors (Lipinski definition) is 3. The van der Waals surface area contributed by atoms with Gasteiger partial charge in [0.2, 0.25) is 0 Å². The Morgan fingerprint density at radius 3 is 2.72 bits per heavy atom. The summed E-state index contributed by atoms with van der Waals surface area (Å²) in [6, 6.07) is 8.33. The summed E-state index contributed by atoms with van der Waals surface area (Å²) in [6.45, 7) is 2.28. The molecular formula is C15H20N2S. The average Bonchev–Trinajstić information content (AvgIpc) is 2.84. The Balaban J connectivity index is 1.89. The Hall–Kier alpha value is -0.930. The minimum Gasteiger partial charge on any atom is -0.319 e. The fraction of sp³-hybridized carbons (Fsp3) is 0.533. The molecule has 96 valence electrons. The molecule has 18 heavy (non-hydrogen) atoms. The Bertz CT molecular complexity index is 505. The third-order valence-corrected chi connectivity index (χ3v) is 5.55. The van der Waals surface area contributed by atoms with Crippen molar-refractivity contribution in [3.8, 4) is 0 Å². The van der Waals surface area contributed by atoms with Crippen molar-refractivity contribution in [2.45, 2.75) is 44.6 Å². The van der Waals surface area contributed by atoms with Gasteiger partial charge in [0.15, 0.2) is 0 Å². The molecule has 0 amide bonds. The van der Waals surface area contributed by atoms with Crippen LogP contribution in [0.4, 0.5) is 0 Å². The van der Waals surface area contributed by atoms with Gasteiger partial charge in [0.05, 0.1) is 15.8 Å². The molecule has 1 saturated carbocycles. The molecular weight excluding hydrogens is 240 g/mol. The molecule has 1 aliphatic rings. The van der Waals surface area contributed by atoms with Crippen molar-refractivity contribution < 1.29 is 0 Å². The van der Waals surface area contributed by atoms with E-state index in [1.165, 1.54) is 24.0 Å². The van der Waals surface area contributed by atoms with Crippen molar-refractivity contribution in [3.05, 3.63) is 29.3 Å². The highest BCUT2D eigenvalue weighted by molar-refractivity contribution is 7.18. The van der Waals surface area contributed by atoms with E-state index in [4.69, 9.17) is 10.7 Å². The van der Waals surface area contributed by atoms with E-state index in [0.29, 0.717) is 0 Å². The van der Waals surface area contributed by atoms with Crippen LogP contribution in [0.2, 0.25) is 0 Å². The second-order valence-electron chi connectivity index (χ2n) is 5.49. The molecule has 1 heterocycles. The number of benzene rings is 1. The maximum atomic E-state index is 6.61. The zero-order chi connectivity index (χ0) is 12.6. The molecule has 0 radical (unpaired) electrons. The van der Waals surface area contributed by atoms with E-state index >= 15 is 0 Å². The van der Waals surface area contributed by atoms with Crippen molar-refractivity contribution in [3.63, 3.8) is 0 Å². The van der Waals surface area contributed by atoms with Gasteiger partial charge in [-0.2, -0.15) is 0 Å². The van der Waals surface area contributed by atoms with Gasteiger partial charge >= 0.3 is 0 Å². The second kappa shape index (κ2) is 4.63. The number of aromatic nitrogens is 1. The van der Waals surface area contributed by atoms with Crippen molar-refractivity contribution >= 4 is 21.6 Å². The first-order valence-electron chi connectivity index (χ1n) is 6.86. The van der Waals surface area contributed by atoms with Crippen LogP contribution in [0.3, 0.4) is 0 Å². The van der Waals surface area contributed by atoms with Gasteiger partial charge in [-0.3, -0.25) is 0 Å². The fourth-order valence-electron chi connectivity index (χ4n) is 2.90. The lowest BCUT2D eigenvalue weighted by Crippen LogP contribution is -2.40. The first-order valence-corrected chi connectivity index (χ1v) is 7.68. The number of nitrogens with two attached hydrogens (primary N) is 1. The van der Waals surface area contributed by atoms with Crippen LogP contribution >= 0.6 is 11.3 Å². The molecule has 1 aromatic heterocycles. The van der Waals surface area contributed by atoms with Crippen LogP contribution in [0.15, 0.2) is 24.3 Å². The highest BCUT2D eigenvalue weighted by atomic mass is 32.1. The summed E-state index contributed by atoms with van der Waals surface area (Å²) < 4.78 is 1.26. The summed E-state index contributed by atoms with van der Waals surface area (Å²) in [5, 5.41) is 1.14. The van der Waals surface area contributed by atoms with Crippen LogP contribution in [-0.4, -0.2) is 4.98 Å². The maximum Gasteiger partial charge on any atom is 0.114 e. The van der Waals surface area contributed by atoms with E-state index in [2.05, 4.69) is 25.1 Å². The SMILES string of the molecule is CCC1CCC(N)(c2nc3ccccc3s2)CC1. The van der Waals surface area contributed by atoms with E-state index in [9.17, 15) is 0 Å². The summed E-state index contributed by atoms with van der Waals surface area (Å²) in [7, 11) is 0. The lowest BCUT2D eigenvalue weighted by atomic mass is 9.76. The molecule has 3 rings (SSSR count). The van der Waals surface area contributed by atoms with Gasteiger partial charge in [0, 0.05) is 0 Å². The number of nitrogens with zero attached hydrogens (tertiary/aromatic N) is 1. The van der Waals surface area contributed by atoms with Crippen LogP contribution in [0.5, 0.6) is 0 Å². The molecule has 1 aromatic carbocycles. The summed E-state index contributed by atoms with van der Waals surface area (Å²) in [6.07, 6.45) is 5.97. The van der Waals surface area contributed by atoms with E-state index in [-0.39, 0.29) is 5.54 Å². The Morgan fingerprint density at radius 2 is 2.06 bits per heavy atom. The number of thiazole rings is 1. The van der Waals surface area contributed by atoms with Gasteiger partial charge in [-0.1, -0.05) is 25.5 Å². The van der Waals surface area contributed by atoms with Crippen LogP contribution in [0.25, 0.3) is 10.2 Å². The Kier molecular flexibility index (Phi) is 3.12. The topological polar surface area (TPSA) is 38.9 Å². The number of hydrogen-bond donors (Lipinski definition) is 1. The van der Waals surface area contributed by atoms with Gasteiger partial charge in [-0.25, -0.2) is 4.98 Å². The average molecular weight is 260 g/mol. The molecule has 0 saturated heterocycles. The first-order chi connectivity index (χ1) is 8.71. The Labute approximate surface area is 112 Å².